The fourth-order valence-corrected chi connectivity index (χ4v) is 3.99. The zero-order chi connectivity index (χ0) is 17.3. The largest absolute Gasteiger partial charge is 0.326 e. The van der Waals surface area contributed by atoms with Crippen LogP contribution in [0.2, 0.25) is 0 Å². The second-order valence-electron chi connectivity index (χ2n) is 6.38. The number of rotatable bonds is 4. The van der Waals surface area contributed by atoms with Gasteiger partial charge in [-0.05, 0) is 30.5 Å². The van der Waals surface area contributed by atoms with Gasteiger partial charge < -0.3 is 5.32 Å². The number of carbonyl (C=O) groups is 1. The summed E-state index contributed by atoms with van der Waals surface area (Å²) < 4.78 is 1.64. The molecule has 1 aromatic carbocycles. The molecule has 0 unspecified atom stereocenters. The first-order valence-corrected chi connectivity index (χ1v) is 9.05. The number of benzene rings is 1. The van der Waals surface area contributed by atoms with Gasteiger partial charge in [0.2, 0.25) is 5.91 Å². The van der Waals surface area contributed by atoms with Gasteiger partial charge >= 0.3 is 0 Å². The molecule has 5 nitrogen and oxygen atoms in total. The molecule has 3 rings (SSSR count). The van der Waals surface area contributed by atoms with Crippen molar-refractivity contribution in [3.05, 3.63) is 51.9 Å². The van der Waals surface area contributed by atoms with Crippen LogP contribution in [-0.4, -0.2) is 21.2 Å². The van der Waals surface area contributed by atoms with Gasteiger partial charge in [0.05, 0.1) is 6.04 Å². The first kappa shape index (κ1) is 16.8. The van der Waals surface area contributed by atoms with E-state index in [0.29, 0.717) is 22.5 Å². The van der Waals surface area contributed by atoms with Crippen LogP contribution in [0, 0.1) is 6.92 Å². The quantitative estimate of drug-likeness (QED) is 0.865. The molecule has 2 heterocycles. The van der Waals surface area contributed by atoms with Crippen molar-refractivity contribution in [3.8, 4) is 0 Å². The molecule has 0 saturated carbocycles. The molecule has 1 amide bonds. The van der Waals surface area contributed by atoms with Gasteiger partial charge in [0.1, 0.15) is 0 Å². The van der Waals surface area contributed by atoms with E-state index in [-0.39, 0.29) is 23.9 Å². The third-order valence-electron chi connectivity index (χ3n) is 4.10. The highest BCUT2D eigenvalue weighted by molar-refractivity contribution is 7.99. The average Bonchev–Trinajstić information content (AvgIpc) is 2.90. The number of aryl methyl sites for hydroxylation is 1. The van der Waals surface area contributed by atoms with Gasteiger partial charge in [-0.2, -0.15) is 0 Å². The van der Waals surface area contributed by atoms with Gasteiger partial charge in [-0.25, -0.2) is 4.98 Å². The van der Waals surface area contributed by atoms with Gasteiger partial charge in [0.15, 0.2) is 5.16 Å². The number of thioether (sulfide) groups is 1. The number of fused-ring (bicyclic) bond motifs is 1. The Hall–Kier alpha value is -2.08. The van der Waals surface area contributed by atoms with Crippen LogP contribution in [0.1, 0.15) is 43.5 Å². The van der Waals surface area contributed by atoms with Gasteiger partial charge in [0, 0.05) is 29.6 Å². The topological polar surface area (TPSA) is 64.0 Å². The highest BCUT2D eigenvalue weighted by Gasteiger charge is 2.27. The van der Waals surface area contributed by atoms with Crippen molar-refractivity contribution in [2.75, 3.05) is 11.1 Å². The lowest BCUT2D eigenvalue weighted by Gasteiger charge is -2.13. The molecule has 1 aliphatic rings. The highest BCUT2D eigenvalue weighted by atomic mass is 32.2. The molecule has 0 spiro atoms. The van der Waals surface area contributed by atoms with Crippen LogP contribution in [0.3, 0.4) is 0 Å². The van der Waals surface area contributed by atoms with Crippen LogP contribution in [0.15, 0.2) is 40.3 Å². The molecule has 1 atom stereocenters. The number of carbonyl (C=O) groups excluding carboxylic acids is 1. The lowest BCUT2D eigenvalue weighted by atomic mass is 10.0. The minimum absolute atomic E-state index is 0.0819. The third kappa shape index (κ3) is 3.53. The number of hydrogen-bond acceptors (Lipinski definition) is 4. The molecule has 0 fully saturated rings. The van der Waals surface area contributed by atoms with Crippen molar-refractivity contribution in [1.82, 2.24) is 9.55 Å². The zero-order valence-corrected chi connectivity index (χ0v) is 14.9. The van der Waals surface area contributed by atoms with E-state index in [0.717, 1.165) is 5.69 Å². The fraction of sp³-hybridized carbons (Fsp3) is 0.389. The molecular formula is C18H21N3O2S. The average molecular weight is 343 g/mol. The van der Waals surface area contributed by atoms with E-state index < -0.39 is 0 Å². The predicted octanol–water partition coefficient (Wildman–Crippen LogP) is 3.35. The van der Waals surface area contributed by atoms with E-state index in [2.05, 4.69) is 24.1 Å². The Bertz CT molecular complexity index is 812. The van der Waals surface area contributed by atoms with Crippen LogP contribution in [0.4, 0.5) is 5.69 Å². The summed E-state index contributed by atoms with van der Waals surface area (Å²) in [4.78, 5) is 28.9. The number of nitrogens with zero attached hydrogens (tertiary/aromatic N) is 2. The lowest BCUT2D eigenvalue weighted by molar-refractivity contribution is -0.116. The van der Waals surface area contributed by atoms with E-state index in [1.165, 1.54) is 23.4 Å². The minimum atomic E-state index is -0.138. The monoisotopic (exact) mass is 343 g/mol. The second kappa shape index (κ2) is 6.81. The Balaban J connectivity index is 1.68. The summed E-state index contributed by atoms with van der Waals surface area (Å²) in [6.07, 6.45) is 0.274. The molecule has 0 saturated heterocycles. The van der Waals surface area contributed by atoms with E-state index >= 15 is 0 Å². The van der Waals surface area contributed by atoms with Crippen LogP contribution in [0.5, 0.6) is 0 Å². The highest BCUT2D eigenvalue weighted by Crippen LogP contribution is 2.32. The van der Waals surface area contributed by atoms with Gasteiger partial charge in [0.25, 0.3) is 5.56 Å². The second-order valence-corrected chi connectivity index (χ2v) is 7.37. The molecule has 6 heteroatoms. The summed E-state index contributed by atoms with van der Waals surface area (Å²) in [5, 5.41) is 3.62. The van der Waals surface area contributed by atoms with E-state index in [4.69, 9.17) is 0 Å². The van der Waals surface area contributed by atoms with Crippen LogP contribution >= 0.6 is 11.8 Å². The smallest absolute Gasteiger partial charge is 0.254 e. The first-order chi connectivity index (χ1) is 11.4. The SMILES string of the molecule is Cc1cc(=O)n2c(n1)SC[C@@H]2CC(=O)Nc1ccc(C(C)C)cc1. The Labute approximate surface area is 145 Å². The summed E-state index contributed by atoms with van der Waals surface area (Å²) >= 11 is 1.53. The normalized spacial score (nSPS) is 16.2. The Morgan fingerprint density at radius 2 is 2.08 bits per heavy atom. The van der Waals surface area contributed by atoms with Crippen molar-refractivity contribution in [2.45, 2.75) is 44.3 Å². The van der Waals surface area contributed by atoms with Gasteiger partial charge in [-0.3, -0.25) is 14.2 Å². The molecular weight excluding hydrogens is 322 g/mol. The molecule has 1 N–H and O–H groups in total. The van der Waals surface area contributed by atoms with E-state index in [1.807, 2.05) is 31.2 Å². The Morgan fingerprint density at radius 3 is 2.75 bits per heavy atom. The molecule has 0 aliphatic carbocycles. The lowest BCUT2D eigenvalue weighted by Crippen LogP contribution is -2.27. The van der Waals surface area contributed by atoms with Gasteiger partial charge in [-0.15, -0.1) is 0 Å². The van der Waals surface area contributed by atoms with Crippen molar-refractivity contribution in [1.29, 1.82) is 0 Å². The molecule has 2 aromatic rings. The van der Waals surface area contributed by atoms with E-state index in [1.54, 1.807) is 4.57 Å². The molecule has 24 heavy (non-hydrogen) atoms. The van der Waals surface area contributed by atoms with E-state index in [9.17, 15) is 9.59 Å². The molecule has 0 bridgehead atoms. The number of hydrogen-bond donors (Lipinski definition) is 1. The van der Waals surface area contributed by atoms with Crippen molar-refractivity contribution in [2.24, 2.45) is 0 Å². The minimum Gasteiger partial charge on any atom is -0.326 e. The zero-order valence-electron chi connectivity index (χ0n) is 14.1. The maximum atomic E-state index is 12.3. The van der Waals surface area contributed by atoms with Crippen molar-refractivity contribution >= 4 is 23.4 Å². The fourth-order valence-electron chi connectivity index (χ4n) is 2.79. The molecule has 126 valence electrons. The Kier molecular flexibility index (Phi) is 4.76. The molecule has 1 aromatic heterocycles. The van der Waals surface area contributed by atoms with Crippen LogP contribution < -0.4 is 10.9 Å². The predicted molar refractivity (Wildman–Crippen MR) is 96.8 cm³/mol. The summed E-state index contributed by atoms with van der Waals surface area (Å²) in [5.41, 5.74) is 2.66. The standard InChI is InChI=1S/C18H21N3O2S/c1-11(2)13-4-6-14(7-5-13)20-16(22)9-15-10-24-18-19-12(3)8-17(23)21(15)18/h4-8,11,15H,9-10H2,1-3H3,(H,20,22)/t15-/m0/s1. The van der Waals surface area contributed by atoms with Crippen LogP contribution in [-0.2, 0) is 4.79 Å². The van der Waals surface area contributed by atoms with Crippen molar-refractivity contribution < 1.29 is 4.79 Å². The first-order valence-electron chi connectivity index (χ1n) is 8.07. The number of nitrogens with one attached hydrogen (secondary N) is 1. The maximum absolute atomic E-state index is 12.3. The molecule has 1 aliphatic heterocycles. The van der Waals surface area contributed by atoms with Crippen LogP contribution in [0.25, 0.3) is 0 Å². The summed E-state index contributed by atoms with van der Waals surface area (Å²) in [6.45, 7) is 6.08. The number of aromatic nitrogens is 2. The molecule has 0 radical (unpaired) electrons. The number of amides is 1. The maximum Gasteiger partial charge on any atom is 0.254 e. The summed E-state index contributed by atoms with van der Waals surface area (Å²) in [7, 11) is 0. The number of anilines is 1. The Morgan fingerprint density at radius 1 is 1.38 bits per heavy atom. The van der Waals surface area contributed by atoms with Gasteiger partial charge in [-0.1, -0.05) is 37.7 Å². The third-order valence-corrected chi connectivity index (χ3v) is 5.20. The summed E-state index contributed by atoms with van der Waals surface area (Å²) in [5.74, 6) is 1.08. The summed E-state index contributed by atoms with van der Waals surface area (Å²) in [6, 6.07) is 9.27. The van der Waals surface area contributed by atoms with Crippen molar-refractivity contribution in [3.63, 3.8) is 0 Å².